The Morgan fingerprint density at radius 3 is 2.49 bits per heavy atom. The van der Waals surface area contributed by atoms with Gasteiger partial charge in [0.25, 0.3) is 0 Å². The fraction of sp³-hybridized carbons (Fsp3) is 0.156. The highest BCUT2D eigenvalue weighted by molar-refractivity contribution is 6.38. The summed E-state index contributed by atoms with van der Waals surface area (Å²) in [7, 11) is 0. The maximum Gasteiger partial charge on any atom is 0.191 e. The summed E-state index contributed by atoms with van der Waals surface area (Å²) in [6.07, 6.45) is 6.00. The van der Waals surface area contributed by atoms with E-state index in [0.717, 1.165) is 53.4 Å². The van der Waals surface area contributed by atoms with E-state index in [-0.39, 0.29) is 5.78 Å². The Kier molecular flexibility index (Phi) is 5.54. The maximum atomic E-state index is 13.7. The summed E-state index contributed by atoms with van der Waals surface area (Å²) in [4.78, 5) is 13.7. The van der Waals surface area contributed by atoms with Gasteiger partial charge in [-0.05, 0) is 94.4 Å². The van der Waals surface area contributed by atoms with Gasteiger partial charge in [0.05, 0.1) is 5.02 Å². The first kappa shape index (κ1) is 21.9. The molecule has 2 aliphatic rings. The predicted molar refractivity (Wildman–Crippen MR) is 145 cm³/mol. The number of rotatable bonds is 4. The summed E-state index contributed by atoms with van der Waals surface area (Å²) < 4.78 is 0. The molecule has 172 valence electrons. The number of hydrogen-bond acceptors (Lipinski definition) is 2. The Morgan fingerprint density at radius 1 is 0.829 bits per heavy atom. The second-order valence-corrected chi connectivity index (χ2v) is 9.82. The lowest BCUT2D eigenvalue weighted by molar-refractivity contribution is 0.105. The molecule has 0 heterocycles. The van der Waals surface area contributed by atoms with Gasteiger partial charge in [-0.15, -0.1) is 0 Å². The summed E-state index contributed by atoms with van der Waals surface area (Å²) >= 11 is 6.67. The number of para-hydroxylation sites is 1. The molecule has 0 aliphatic heterocycles. The molecule has 0 fully saturated rings. The molecule has 2 aliphatic carbocycles. The molecule has 4 aromatic carbocycles. The summed E-state index contributed by atoms with van der Waals surface area (Å²) in [6.45, 7) is 2.06. The fourth-order valence-corrected chi connectivity index (χ4v) is 5.77. The molecule has 3 heteroatoms. The molecule has 0 bridgehead atoms. The van der Waals surface area contributed by atoms with Crippen LogP contribution in [-0.2, 0) is 12.8 Å². The van der Waals surface area contributed by atoms with E-state index in [0.29, 0.717) is 10.6 Å². The zero-order valence-corrected chi connectivity index (χ0v) is 20.5. The predicted octanol–water partition coefficient (Wildman–Crippen LogP) is 6.39. The fourth-order valence-electron chi connectivity index (χ4n) is 5.50. The van der Waals surface area contributed by atoms with Gasteiger partial charge in [0.1, 0.15) is 0 Å². The monoisotopic (exact) mass is 475 g/mol. The lowest BCUT2D eigenvalue weighted by Crippen LogP contribution is -2.26. The van der Waals surface area contributed by atoms with Gasteiger partial charge in [-0.25, -0.2) is 0 Å². The van der Waals surface area contributed by atoms with E-state index in [2.05, 4.69) is 60.8 Å². The third-order valence-electron chi connectivity index (χ3n) is 7.30. The largest absolute Gasteiger partial charge is 0.355 e. The lowest BCUT2D eigenvalue weighted by atomic mass is 9.84. The maximum absolute atomic E-state index is 13.7. The van der Waals surface area contributed by atoms with E-state index in [4.69, 9.17) is 11.6 Å². The van der Waals surface area contributed by atoms with Crippen LogP contribution in [0.1, 0.15) is 39.9 Å². The third kappa shape index (κ3) is 3.88. The van der Waals surface area contributed by atoms with Crippen LogP contribution in [0.4, 0.5) is 11.4 Å². The number of halogens is 1. The van der Waals surface area contributed by atoms with E-state index < -0.39 is 0 Å². The van der Waals surface area contributed by atoms with Gasteiger partial charge < -0.3 is 5.32 Å². The number of benzene rings is 4. The molecule has 0 saturated carbocycles. The lowest BCUT2D eigenvalue weighted by Gasteiger charge is -2.20. The van der Waals surface area contributed by atoms with Gasteiger partial charge in [-0.1, -0.05) is 72.3 Å². The number of carbonyl (C=O) groups is 1. The standard InChI is InChI=1S/C32H26ClNO/c1-20-7-2-5-12-31(20)34-22-14-16-29(30(33)19-22)32(35)28-11-6-10-24-26-15-13-21-8-3-4-9-23(21)25(26)17-18-27(24)28/h2-5,7-9,12-14,16-19,34H,6,10-11,15H2,1H3. The van der Waals surface area contributed by atoms with E-state index in [1.54, 1.807) is 0 Å². The summed E-state index contributed by atoms with van der Waals surface area (Å²) in [5.41, 5.74) is 7.21. The number of ketones is 1. The number of fused-ring (bicyclic) bond motifs is 4. The highest BCUT2D eigenvalue weighted by Crippen LogP contribution is 2.29. The van der Waals surface area contributed by atoms with Crippen LogP contribution in [-0.4, -0.2) is 5.78 Å². The van der Waals surface area contributed by atoms with Gasteiger partial charge in [0.2, 0.25) is 0 Å². The van der Waals surface area contributed by atoms with Gasteiger partial charge in [-0.3, -0.25) is 4.79 Å². The van der Waals surface area contributed by atoms with E-state index in [1.807, 2.05) is 36.4 Å². The molecule has 0 spiro atoms. The van der Waals surface area contributed by atoms with Crippen molar-refractivity contribution in [3.63, 3.8) is 0 Å². The molecule has 0 aromatic heterocycles. The van der Waals surface area contributed by atoms with E-state index >= 15 is 0 Å². The van der Waals surface area contributed by atoms with Crippen LogP contribution >= 0.6 is 11.6 Å². The first-order chi connectivity index (χ1) is 17.1. The minimum absolute atomic E-state index is 0.0403. The summed E-state index contributed by atoms with van der Waals surface area (Å²) in [5.74, 6) is 0.0403. The Morgan fingerprint density at radius 2 is 1.63 bits per heavy atom. The van der Waals surface area contributed by atoms with Crippen molar-refractivity contribution >= 4 is 40.4 Å². The van der Waals surface area contributed by atoms with Crippen molar-refractivity contribution in [2.75, 3.05) is 5.32 Å². The molecule has 0 radical (unpaired) electrons. The number of Topliss-reactive ketones (excluding diaryl/α,β-unsaturated/α-hetero) is 1. The van der Waals surface area contributed by atoms with Gasteiger partial charge in [-0.2, -0.15) is 0 Å². The second-order valence-electron chi connectivity index (χ2n) is 9.41. The Hall–Kier alpha value is -3.62. The Bertz CT molecular complexity index is 1720. The van der Waals surface area contributed by atoms with Gasteiger partial charge >= 0.3 is 0 Å². The third-order valence-corrected chi connectivity index (χ3v) is 7.61. The molecule has 0 amide bonds. The van der Waals surface area contributed by atoms with Crippen molar-refractivity contribution in [2.24, 2.45) is 0 Å². The first-order valence-corrected chi connectivity index (χ1v) is 12.6. The molecule has 4 aromatic rings. The van der Waals surface area contributed by atoms with E-state index in [9.17, 15) is 4.79 Å². The van der Waals surface area contributed by atoms with Gasteiger partial charge in [0, 0.05) is 22.5 Å². The highest BCUT2D eigenvalue weighted by Gasteiger charge is 2.22. The average molecular weight is 476 g/mol. The molecule has 0 unspecified atom stereocenters. The number of anilines is 2. The van der Waals surface area contributed by atoms with Crippen molar-refractivity contribution in [3.8, 4) is 0 Å². The van der Waals surface area contributed by atoms with Gasteiger partial charge in [0.15, 0.2) is 5.78 Å². The molecular formula is C32H26ClNO. The Labute approximate surface area is 209 Å². The average Bonchev–Trinajstić information content (AvgIpc) is 2.89. The molecule has 0 saturated heterocycles. The van der Waals surface area contributed by atoms with Crippen molar-refractivity contribution in [1.29, 1.82) is 0 Å². The van der Waals surface area contributed by atoms with Crippen LogP contribution < -0.4 is 15.8 Å². The van der Waals surface area contributed by atoms with Crippen LogP contribution in [0.5, 0.6) is 0 Å². The van der Waals surface area contributed by atoms with Crippen LogP contribution in [0.3, 0.4) is 0 Å². The quantitative estimate of drug-likeness (QED) is 0.347. The van der Waals surface area contributed by atoms with Crippen molar-refractivity contribution < 1.29 is 4.79 Å². The summed E-state index contributed by atoms with van der Waals surface area (Å²) in [5, 5.41) is 8.88. The molecule has 35 heavy (non-hydrogen) atoms. The van der Waals surface area contributed by atoms with Crippen LogP contribution in [0.25, 0.3) is 11.6 Å². The number of carbonyl (C=O) groups excluding carboxylic acids is 1. The van der Waals surface area contributed by atoms with E-state index in [1.165, 1.54) is 26.8 Å². The SMILES string of the molecule is Cc1ccccc1Nc1ccc(C(=O)C2=c3ccc4c(c3CCC2)CC=c2ccccc2=4)c(Cl)c1. The first-order valence-electron chi connectivity index (χ1n) is 12.2. The Balaban J connectivity index is 1.42. The number of aryl methyl sites for hydroxylation is 1. The van der Waals surface area contributed by atoms with Crippen LogP contribution in [0.2, 0.25) is 5.02 Å². The second kappa shape index (κ2) is 8.87. The summed E-state index contributed by atoms with van der Waals surface area (Å²) in [6, 6.07) is 26.7. The van der Waals surface area contributed by atoms with Crippen molar-refractivity contribution in [1.82, 2.24) is 0 Å². The topological polar surface area (TPSA) is 29.1 Å². The number of hydrogen-bond donors (Lipinski definition) is 1. The molecule has 1 N–H and O–H groups in total. The van der Waals surface area contributed by atoms with Crippen LogP contribution in [0.15, 0.2) is 78.9 Å². The minimum atomic E-state index is 0.0403. The molecular weight excluding hydrogens is 450 g/mol. The highest BCUT2D eigenvalue weighted by atomic mass is 35.5. The van der Waals surface area contributed by atoms with Crippen molar-refractivity contribution in [2.45, 2.75) is 32.6 Å². The molecule has 2 nitrogen and oxygen atoms in total. The normalized spacial score (nSPS) is 13.8. The minimum Gasteiger partial charge on any atom is -0.355 e. The zero-order chi connectivity index (χ0) is 23.9. The zero-order valence-electron chi connectivity index (χ0n) is 19.7. The van der Waals surface area contributed by atoms with Crippen molar-refractivity contribution in [3.05, 3.63) is 127 Å². The smallest absolute Gasteiger partial charge is 0.191 e. The molecule has 6 rings (SSSR count). The van der Waals surface area contributed by atoms with Crippen LogP contribution in [0, 0.1) is 17.4 Å². The number of nitrogens with one attached hydrogen (secondary N) is 1. The molecule has 0 atom stereocenters.